The third-order valence-electron chi connectivity index (χ3n) is 4.18. The second-order valence-corrected chi connectivity index (χ2v) is 5.98. The van der Waals surface area contributed by atoms with Gasteiger partial charge in [-0.1, -0.05) is 24.3 Å². The number of benzene rings is 1. The van der Waals surface area contributed by atoms with E-state index in [1.54, 1.807) is 12.4 Å². The summed E-state index contributed by atoms with van der Waals surface area (Å²) in [6, 6.07) is 16.0. The van der Waals surface area contributed by atoms with Crippen LogP contribution in [-0.2, 0) is 13.0 Å². The van der Waals surface area contributed by atoms with Crippen LogP contribution in [0.2, 0.25) is 0 Å². The lowest BCUT2D eigenvalue weighted by molar-refractivity contribution is 0.979. The van der Waals surface area contributed by atoms with Gasteiger partial charge in [0.25, 0.3) is 0 Å². The standard InChI is InChI=1S/C20H20N6/c1-2-7-18-17(6-1)15(13-24-18)8-11-22-20-23-12-9-19(26-20)25-14-16-5-3-4-10-21-16/h1-7,9-10,12-13,24H,8,11,14H2,(H2,22,23,25,26). The lowest BCUT2D eigenvalue weighted by Crippen LogP contribution is -2.09. The fourth-order valence-corrected chi connectivity index (χ4v) is 2.87. The van der Waals surface area contributed by atoms with Gasteiger partial charge in [0, 0.05) is 36.0 Å². The minimum Gasteiger partial charge on any atom is -0.364 e. The number of rotatable bonds is 7. The van der Waals surface area contributed by atoms with Gasteiger partial charge in [0.05, 0.1) is 12.2 Å². The summed E-state index contributed by atoms with van der Waals surface area (Å²) in [6.07, 6.45) is 6.51. The Morgan fingerprint density at radius 2 is 1.81 bits per heavy atom. The number of fused-ring (bicyclic) bond motifs is 1. The van der Waals surface area contributed by atoms with Gasteiger partial charge in [0.15, 0.2) is 0 Å². The van der Waals surface area contributed by atoms with E-state index in [9.17, 15) is 0 Å². The van der Waals surface area contributed by atoms with Gasteiger partial charge in [-0.15, -0.1) is 0 Å². The van der Waals surface area contributed by atoms with Crippen LogP contribution in [0, 0.1) is 0 Å². The molecule has 0 saturated heterocycles. The molecule has 3 N–H and O–H groups in total. The molecule has 0 aliphatic carbocycles. The Balaban J connectivity index is 1.33. The average molecular weight is 344 g/mol. The Labute approximate surface area is 151 Å². The van der Waals surface area contributed by atoms with E-state index >= 15 is 0 Å². The van der Waals surface area contributed by atoms with E-state index in [1.165, 1.54) is 16.5 Å². The molecule has 0 radical (unpaired) electrons. The number of hydrogen-bond acceptors (Lipinski definition) is 5. The molecule has 0 fully saturated rings. The van der Waals surface area contributed by atoms with E-state index in [0.29, 0.717) is 12.5 Å². The number of pyridine rings is 1. The van der Waals surface area contributed by atoms with E-state index in [0.717, 1.165) is 24.5 Å². The Morgan fingerprint density at radius 3 is 2.73 bits per heavy atom. The molecule has 0 spiro atoms. The lowest BCUT2D eigenvalue weighted by atomic mass is 10.1. The van der Waals surface area contributed by atoms with Crippen molar-refractivity contribution in [2.45, 2.75) is 13.0 Å². The molecule has 0 aliphatic rings. The molecule has 6 nitrogen and oxygen atoms in total. The van der Waals surface area contributed by atoms with Crippen LogP contribution in [0.15, 0.2) is 67.1 Å². The normalized spacial score (nSPS) is 10.8. The van der Waals surface area contributed by atoms with E-state index < -0.39 is 0 Å². The summed E-state index contributed by atoms with van der Waals surface area (Å²) in [5.41, 5.74) is 3.43. The number of aromatic nitrogens is 4. The topological polar surface area (TPSA) is 78.5 Å². The minimum absolute atomic E-state index is 0.621. The molecule has 1 aromatic carbocycles. The van der Waals surface area contributed by atoms with Crippen molar-refractivity contribution in [1.29, 1.82) is 0 Å². The summed E-state index contributed by atoms with van der Waals surface area (Å²) in [5.74, 6) is 1.40. The molecule has 0 amide bonds. The Kier molecular flexibility index (Phi) is 4.73. The molecular formula is C20H20N6. The molecule has 0 bridgehead atoms. The number of para-hydroxylation sites is 1. The van der Waals surface area contributed by atoms with Crippen LogP contribution in [0.25, 0.3) is 10.9 Å². The van der Waals surface area contributed by atoms with Gasteiger partial charge >= 0.3 is 0 Å². The summed E-state index contributed by atoms with van der Waals surface area (Å²) in [7, 11) is 0. The van der Waals surface area contributed by atoms with E-state index in [-0.39, 0.29) is 0 Å². The molecular weight excluding hydrogens is 324 g/mol. The highest BCUT2D eigenvalue weighted by atomic mass is 15.1. The first-order chi connectivity index (χ1) is 12.9. The zero-order valence-corrected chi connectivity index (χ0v) is 14.3. The first-order valence-electron chi connectivity index (χ1n) is 8.64. The minimum atomic E-state index is 0.621. The molecule has 0 atom stereocenters. The van der Waals surface area contributed by atoms with E-state index in [4.69, 9.17) is 0 Å². The first-order valence-corrected chi connectivity index (χ1v) is 8.64. The monoisotopic (exact) mass is 344 g/mol. The van der Waals surface area contributed by atoms with Gasteiger partial charge in [-0.2, -0.15) is 4.98 Å². The van der Waals surface area contributed by atoms with Crippen molar-refractivity contribution >= 4 is 22.7 Å². The number of nitrogens with one attached hydrogen (secondary N) is 3. The van der Waals surface area contributed by atoms with Crippen LogP contribution in [-0.4, -0.2) is 26.5 Å². The van der Waals surface area contributed by atoms with E-state index in [1.807, 2.05) is 30.3 Å². The van der Waals surface area contributed by atoms with Crippen molar-refractivity contribution in [3.63, 3.8) is 0 Å². The highest BCUT2D eigenvalue weighted by Crippen LogP contribution is 2.18. The van der Waals surface area contributed by atoms with E-state index in [2.05, 4.69) is 55.0 Å². The molecule has 3 heterocycles. The predicted molar refractivity (Wildman–Crippen MR) is 104 cm³/mol. The van der Waals surface area contributed by atoms with Crippen molar-refractivity contribution in [2.75, 3.05) is 17.2 Å². The highest BCUT2D eigenvalue weighted by Gasteiger charge is 2.04. The van der Waals surface area contributed by atoms with Crippen LogP contribution < -0.4 is 10.6 Å². The number of H-pyrrole nitrogens is 1. The second-order valence-electron chi connectivity index (χ2n) is 5.98. The van der Waals surface area contributed by atoms with Crippen LogP contribution in [0.5, 0.6) is 0 Å². The Hall–Kier alpha value is -3.41. The van der Waals surface area contributed by atoms with Gasteiger partial charge in [-0.3, -0.25) is 4.98 Å². The largest absolute Gasteiger partial charge is 0.364 e. The summed E-state index contributed by atoms with van der Waals surface area (Å²) >= 11 is 0. The highest BCUT2D eigenvalue weighted by molar-refractivity contribution is 5.83. The zero-order valence-electron chi connectivity index (χ0n) is 14.3. The third-order valence-corrected chi connectivity index (χ3v) is 4.18. The maximum atomic E-state index is 4.50. The smallest absolute Gasteiger partial charge is 0.224 e. The molecule has 26 heavy (non-hydrogen) atoms. The average Bonchev–Trinajstić information content (AvgIpc) is 3.11. The molecule has 6 heteroatoms. The van der Waals surface area contributed by atoms with Gasteiger partial charge in [0.2, 0.25) is 5.95 Å². The van der Waals surface area contributed by atoms with Crippen molar-refractivity contribution in [1.82, 2.24) is 19.9 Å². The quantitative estimate of drug-likeness (QED) is 0.477. The van der Waals surface area contributed by atoms with Crippen molar-refractivity contribution in [3.8, 4) is 0 Å². The van der Waals surface area contributed by atoms with Gasteiger partial charge in [0.1, 0.15) is 5.82 Å². The Bertz CT molecular complexity index is 980. The number of anilines is 2. The first kappa shape index (κ1) is 16.1. The number of hydrogen-bond donors (Lipinski definition) is 3. The predicted octanol–water partition coefficient (Wildman–Crippen LogP) is 3.62. The molecule has 4 aromatic rings. The molecule has 130 valence electrons. The molecule has 0 saturated carbocycles. The second kappa shape index (κ2) is 7.65. The summed E-state index contributed by atoms with van der Waals surface area (Å²) in [4.78, 5) is 16.4. The maximum absolute atomic E-state index is 4.50. The summed E-state index contributed by atoms with van der Waals surface area (Å²) < 4.78 is 0. The molecule has 3 aromatic heterocycles. The Morgan fingerprint density at radius 1 is 0.885 bits per heavy atom. The molecule has 0 aliphatic heterocycles. The van der Waals surface area contributed by atoms with Crippen LogP contribution in [0.3, 0.4) is 0 Å². The zero-order chi connectivity index (χ0) is 17.6. The van der Waals surface area contributed by atoms with Gasteiger partial charge in [-0.05, 0) is 36.2 Å². The lowest BCUT2D eigenvalue weighted by Gasteiger charge is -2.08. The SMILES string of the molecule is c1ccc(CNc2ccnc(NCCc3c[nH]c4ccccc34)n2)nc1. The summed E-state index contributed by atoms with van der Waals surface area (Å²) in [6.45, 7) is 1.40. The maximum Gasteiger partial charge on any atom is 0.224 e. The fourth-order valence-electron chi connectivity index (χ4n) is 2.87. The van der Waals surface area contributed by atoms with Crippen LogP contribution in [0.1, 0.15) is 11.3 Å². The molecule has 4 rings (SSSR count). The van der Waals surface area contributed by atoms with Gasteiger partial charge < -0.3 is 15.6 Å². The third kappa shape index (κ3) is 3.80. The van der Waals surface area contributed by atoms with Crippen molar-refractivity contribution < 1.29 is 0 Å². The van der Waals surface area contributed by atoms with Crippen LogP contribution in [0.4, 0.5) is 11.8 Å². The fraction of sp³-hybridized carbons (Fsp3) is 0.150. The van der Waals surface area contributed by atoms with Crippen molar-refractivity contribution in [3.05, 3.63) is 78.4 Å². The summed E-state index contributed by atoms with van der Waals surface area (Å²) in [5, 5.41) is 7.83. The van der Waals surface area contributed by atoms with Crippen LogP contribution >= 0.6 is 0 Å². The van der Waals surface area contributed by atoms with Gasteiger partial charge in [-0.25, -0.2) is 4.98 Å². The number of aromatic amines is 1. The molecule has 0 unspecified atom stereocenters. The van der Waals surface area contributed by atoms with Crippen molar-refractivity contribution in [2.24, 2.45) is 0 Å². The number of nitrogens with zero attached hydrogens (tertiary/aromatic N) is 3.